The lowest BCUT2D eigenvalue weighted by molar-refractivity contribution is -0.385. The number of carbonyl (C=O) groups excluding carboxylic acids is 1. The molecule has 0 spiro atoms. The summed E-state index contributed by atoms with van der Waals surface area (Å²) in [6, 6.07) is 11.7. The van der Waals surface area contributed by atoms with Crippen molar-refractivity contribution in [3.63, 3.8) is 0 Å². The predicted molar refractivity (Wildman–Crippen MR) is 106 cm³/mol. The molecule has 0 unspecified atom stereocenters. The number of hydrogen-bond acceptors (Lipinski definition) is 6. The highest BCUT2D eigenvalue weighted by Gasteiger charge is 2.29. The molecule has 0 saturated carbocycles. The molecule has 0 atom stereocenters. The molecule has 1 fully saturated rings. The van der Waals surface area contributed by atoms with Gasteiger partial charge in [-0.1, -0.05) is 30.3 Å². The summed E-state index contributed by atoms with van der Waals surface area (Å²) in [6.45, 7) is 0.253. The molecule has 2 aromatic rings. The maximum atomic E-state index is 13.8. The van der Waals surface area contributed by atoms with Crippen LogP contribution in [-0.2, 0) is 20.6 Å². The third-order valence-corrected chi connectivity index (χ3v) is 6.50. The van der Waals surface area contributed by atoms with E-state index in [1.54, 1.807) is 24.3 Å². The quantitative estimate of drug-likeness (QED) is 0.482. The topological polar surface area (TPSA) is 110 Å². The van der Waals surface area contributed by atoms with Crippen LogP contribution in [-0.4, -0.2) is 61.2 Å². The molecule has 0 aromatic heterocycles. The van der Waals surface area contributed by atoms with E-state index in [1.807, 2.05) is 6.07 Å². The van der Waals surface area contributed by atoms with Gasteiger partial charge in [0.2, 0.25) is 10.0 Å². The van der Waals surface area contributed by atoms with Crippen LogP contribution in [0, 0.1) is 15.9 Å². The van der Waals surface area contributed by atoms with Gasteiger partial charge in [0.15, 0.2) is 18.2 Å². The molecule has 3 rings (SSSR count). The van der Waals surface area contributed by atoms with Crippen LogP contribution in [0.2, 0.25) is 0 Å². The Hall–Kier alpha value is -3.05. The first-order chi connectivity index (χ1) is 14.3. The van der Waals surface area contributed by atoms with Crippen molar-refractivity contribution in [1.82, 2.24) is 9.21 Å². The summed E-state index contributed by atoms with van der Waals surface area (Å²) in [4.78, 5) is 23.6. The summed E-state index contributed by atoms with van der Waals surface area (Å²) in [6.07, 6.45) is 0. The van der Waals surface area contributed by atoms with E-state index in [-0.39, 0.29) is 37.7 Å². The second-order valence-electron chi connectivity index (χ2n) is 6.68. The van der Waals surface area contributed by atoms with Gasteiger partial charge in [0.1, 0.15) is 0 Å². The smallest absolute Gasteiger partial charge is 0.272 e. The number of nitro benzene ring substituents is 1. The average Bonchev–Trinajstić information content (AvgIpc) is 2.73. The van der Waals surface area contributed by atoms with Crippen molar-refractivity contribution < 1.29 is 27.3 Å². The third kappa shape index (κ3) is 5.30. The lowest BCUT2D eigenvalue weighted by atomic mass is 10.2. The van der Waals surface area contributed by atoms with Crippen LogP contribution in [0.15, 0.2) is 48.5 Å². The number of rotatable bonds is 7. The Morgan fingerprint density at radius 2 is 1.77 bits per heavy atom. The van der Waals surface area contributed by atoms with E-state index < -0.39 is 39.0 Å². The normalized spacial score (nSPS) is 15.0. The number of benzene rings is 2. The fraction of sp³-hybridized carbons (Fsp3) is 0.316. The summed E-state index contributed by atoms with van der Waals surface area (Å²) in [5, 5.41) is 10.6. The molecule has 0 radical (unpaired) electrons. The highest BCUT2D eigenvalue weighted by atomic mass is 32.2. The number of hydrogen-bond donors (Lipinski definition) is 0. The molecule has 1 amide bonds. The van der Waals surface area contributed by atoms with Crippen molar-refractivity contribution in [2.75, 3.05) is 32.8 Å². The van der Waals surface area contributed by atoms with Gasteiger partial charge in [-0.05, 0) is 11.6 Å². The maximum absolute atomic E-state index is 13.8. The number of nitrogens with zero attached hydrogens (tertiary/aromatic N) is 3. The van der Waals surface area contributed by atoms with Crippen LogP contribution in [0.1, 0.15) is 5.56 Å². The van der Waals surface area contributed by atoms with Gasteiger partial charge >= 0.3 is 0 Å². The van der Waals surface area contributed by atoms with Crippen LogP contribution >= 0.6 is 0 Å². The summed E-state index contributed by atoms with van der Waals surface area (Å²) in [5.41, 5.74) is 0.272. The summed E-state index contributed by atoms with van der Waals surface area (Å²) in [5.74, 6) is -1.73. The molecule has 1 heterocycles. The van der Waals surface area contributed by atoms with Gasteiger partial charge in [-0.2, -0.15) is 4.31 Å². The Kier molecular flexibility index (Phi) is 6.63. The first kappa shape index (κ1) is 21.7. The van der Waals surface area contributed by atoms with Gasteiger partial charge in [0, 0.05) is 32.2 Å². The Morgan fingerprint density at radius 3 is 2.37 bits per heavy atom. The van der Waals surface area contributed by atoms with Crippen molar-refractivity contribution in [2.45, 2.75) is 5.75 Å². The van der Waals surface area contributed by atoms with Gasteiger partial charge in [-0.25, -0.2) is 12.8 Å². The Labute approximate surface area is 172 Å². The third-order valence-electron chi connectivity index (χ3n) is 4.65. The zero-order chi connectivity index (χ0) is 21.7. The Morgan fingerprint density at radius 1 is 1.10 bits per heavy atom. The van der Waals surface area contributed by atoms with E-state index in [4.69, 9.17) is 4.74 Å². The van der Waals surface area contributed by atoms with Gasteiger partial charge < -0.3 is 9.64 Å². The number of nitro groups is 1. The second-order valence-corrected chi connectivity index (χ2v) is 8.65. The molecule has 0 bridgehead atoms. The zero-order valence-corrected chi connectivity index (χ0v) is 16.8. The average molecular weight is 437 g/mol. The van der Waals surface area contributed by atoms with Crippen LogP contribution in [0.4, 0.5) is 10.1 Å². The molecular formula is C19H20FN3O6S. The number of piperazine rings is 1. The van der Waals surface area contributed by atoms with Gasteiger partial charge in [0.05, 0.1) is 16.7 Å². The maximum Gasteiger partial charge on any atom is 0.272 e. The van der Waals surface area contributed by atoms with Crippen molar-refractivity contribution in [3.8, 4) is 5.75 Å². The van der Waals surface area contributed by atoms with Crippen molar-refractivity contribution >= 4 is 21.6 Å². The van der Waals surface area contributed by atoms with E-state index in [0.717, 1.165) is 18.2 Å². The molecule has 1 aliphatic rings. The number of halogens is 1. The molecule has 160 valence electrons. The predicted octanol–water partition coefficient (Wildman–Crippen LogP) is 1.79. The SMILES string of the molecule is O=C(COc1ccc([N+](=O)[O-])cc1F)N1CCN(S(=O)(=O)Cc2ccccc2)CC1. The van der Waals surface area contributed by atoms with Gasteiger partial charge in [-0.15, -0.1) is 0 Å². The number of carbonyl (C=O) groups is 1. The van der Waals surface area contributed by atoms with Crippen LogP contribution in [0.25, 0.3) is 0 Å². The van der Waals surface area contributed by atoms with E-state index in [9.17, 15) is 27.7 Å². The minimum atomic E-state index is -3.50. The van der Waals surface area contributed by atoms with E-state index in [2.05, 4.69) is 0 Å². The highest BCUT2D eigenvalue weighted by Crippen LogP contribution is 2.22. The number of sulfonamides is 1. The summed E-state index contributed by atoms with van der Waals surface area (Å²) in [7, 11) is -3.50. The lowest BCUT2D eigenvalue weighted by Crippen LogP contribution is -2.51. The minimum absolute atomic E-state index is 0.107. The van der Waals surface area contributed by atoms with E-state index in [1.165, 1.54) is 9.21 Å². The van der Waals surface area contributed by atoms with Crippen LogP contribution < -0.4 is 4.74 Å². The second kappa shape index (κ2) is 9.18. The largest absolute Gasteiger partial charge is 0.481 e. The summed E-state index contributed by atoms with van der Waals surface area (Å²) < 4.78 is 45.5. The van der Waals surface area contributed by atoms with Gasteiger partial charge in [0.25, 0.3) is 11.6 Å². The van der Waals surface area contributed by atoms with Crippen molar-refractivity contribution in [2.24, 2.45) is 0 Å². The molecule has 1 saturated heterocycles. The van der Waals surface area contributed by atoms with Crippen LogP contribution in [0.3, 0.4) is 0 Å². The van der Waals surface area contributed by atoms with Crippen molar-refractivity contribution in [1.29, 1.82) is 0 Å². The first-order valence-corrected chi connectivity index (χ1v) is 10.7. The lowest BCUT2D eigenvalue weighted by Gasteiger charge is -2.34. The van der Waals surface area contributed by atoms with E-state index in [0.29, 0.717) is 5.56 Å². The molecule has 2 aromatic carbocycles. The number of amides is 1. The Bertz CT molecular complexity index is 1020. The minimum Gasteiger partial charge on any atom is -0.481 e. The standard InChI is InChI=1S/C19H20FN3O6S/c20-17-12-16(23(25)26)6-7-18(17)29-13-19(24)21-8-10-22(11-9-21)30(27,28)14-15-4-2-1-3-5-15/h1-7,12H,8-11,13-14H2. The summed E-state index contributed by atoms with van der Waals surface area (Å²) >= 11 is 0. The first-order valence-electron chi connectivity index (χ1n) is 9.12. The number of non-ortho nitro benzene ring substituents is 1. The zero-order valence-electron chi connectivity index (χ0n) is 15.9. The molecule has 9 nitrogen and oxygen atoms in total. The fourth-order valence-corrected chi connectivity index (χ4v) is 4.56. The van der Waals surface area contributed by atoms with E-state index >= 15 is 0 Å². The molecular weight excluding hydrogens is 417 g/mol. The molecule has 0 N–H and O–H groups in total. The van der Waals surface area contributed by atoms with Crippen molar-refractivity contribution in [3.05, 3.63) is 70.0 Å². The molecule has 30 heavy (non-hydrogen) atoms. The monoisotopic (exact) mass is 437 g/mol. The molecule has 11 heteroatoms. The Balaban J connectivity index is 1.51. The van der Waals surface area contributed by atoms with Gasteiger partial charge in [-0.3, -0.25) is 14.9 Å². The molecule has 0 aliphatic carbocycles. The number of ether oxygens (including phenoxy) is 1. The molecule has 1 aliphatic heterocycles. The fourth-order valence-electron chi connectivity index (χ4n) is 3.04. The highest BCUT2D eigenvalue weighted by molar-refractivity contribution is 7.88. The van der Waals surface area contributed by atoms with Crippen LogP contribution in [0.5, 0.6) is 5.75 Å².